The zero-order chi connectivity index (χ0) is 13.2. The van der Waals surface area contributed by atoms with Crippen molar-refractivity contribution in [1.29, 1.82) is 0 Å². The Morgan fingerprint density at radius 2 is 2.00 bits per heavy atom. The molecule has 1 aromatic rings. The van der Waals surface area contributed by atoms with E-state index in [9.17, 15) is 17.6 Å². The van der Waals surface area contributed by atoms with Crippen molar-refractivity contribution in [2.75, 3.05) is 6.54 Å². The quantitative estimate of drug-likeness (QED) is 0.636. The lowest BCUT2D eigenvalue weighted by atomic mass is 10.1. The van der Waals surface area contributed by atoms with E-state index in [0.29, 0.717) is 0 Å². The van der Waals surface area contributed by atoms with Crippen LogP contribution >= 0.6 is 27.5 Å². The first kappa shape index (κ1) is 14.7. The van der Waals surface area contributed by atoms with Gasteiger partial charge in [-0.25, -0.2) is 4.39 Å². The summed E-state index contributed by atoms with van der Waals surface area (Å²) in [6.45, 7) is 1.58. The van der Waals surface area contributed by atoms with Gasteiger partial charge in [0.05, 0.1) is 5.02 Å². The minimum atomic E-state index is -4.58. The van der Waals surface area contributed by atoms with Gasteiger partial charge in [0.15, 0.2) is 0 Å². The molecule has 1 aromatic carbocycles. The molecular weight excluding hydrogens is 325 g/mol. The molecule has 0 saturated heterocycles. The fourth-order valence-electron chi connectivity index (χ4n) is 1.37. The van der Waals surface area contributed by atoms with Gasteiger partial charge in [-0.3, -0.25) is 0 Å². The fourth-order valence-corrected chi connectivity index (χ4v) is 1.85. The number of halogens is 6. The Bertz CT molecular complexity index is 408. The molecule has 0 bridgehead atoms. The molecule has 1 nitrogen and oxygen atoms in total. The first-order valence-electron chi connectivity index (χ1n) is 4.72. The molecular formula is C10H9BrClF4N. The molecule has 0 aliphatic rings. The molecule has 1 atom stereocenters. The first-order chi connectivity index (χ1) is 7.79. The third kappa shape index (κ3) is 3.33. The van der Waals surface area contributed by atoms with Gasteiger partial charge in [-0.1, -0.05) is 24.6 Å². The molecule has 7 heteroatoms. The normalized spacial score (nSPS) is 13.8. The van der Waals surface area contributed by atoms with Crippen LogP contribution in [0.5, 0.6) is 0 Å². The van der Waals surface area contributed by atoms with Gasteiger partial charge in [0.25, 0.3) is 0 Å². The van der Waals surface area contributed by atoms with E-state index in [1.165, 1.54) is 13.0 Å². The van der Waals surface area contributed by atoms with Crippen molar-refractivity contribution >= 4 is 27.5 Å². The predicted molar refractivity (Wildman–Crippen MR) is 61.6 cm³/mol. The minimum Gasteiger partial charge on any atom is -0.303 e. The SMILES string of the molecule is CCNC(c1ccc(Br)c(Cl)c1F)C(F)(F)F. The van der Waals surface area contributed by atoms with Crippen LogP contribution in [-0.2, 0) is 0 Å². The highest BCUT2D eigenvalue weighted by molar-refractivity contribution is 9.10. The van der Waals surface area contributed by atoms with Gasteiger partial charge in [-0.05, 0) is 28.5 Å². The van der Waals surface area contributed by atoms with Crippen LogP contribution < -0.4 is 5.32 Å². The molecule has 1 rings (SSSR count). The van der Waals surface area contributed by atoms with Gasteiger partial charge in [-0.2, -0.15) is 13.2 Å². The monoisotopic (exact) mass is 333 g/mol. The standard InChI is InChI=1S/C10H9BrClF4N/c1-2-17-9(10(14,15)16)5-3-4-6(11)7(12)8(5)13/h3-4,9,17H,2H2,1H3. The van der Waals surface area contributed by atoms with E-state index >= 15 is 0 Å². The molecule has 0 fully saturated rings. The Morgan fingerprint density at radius 3 is 2.47 bits per heavy atom. The Morgan fingerprint density at radius 1 is 1.41 bits per heavy atom. The Hall–Kier alpha value is -0.330. The first-order valence-corrected chi connectivity index (χ1v) is 5.89. The molecule has 0 spiro atoms. The summed E-state index contributed by atoms with van der Waals surface area (Å²) in [5.41, 5.74) is -0.507. The Labute approximate surface area is 109 Å². The van der Waals surface area contributed by atoms with Crippen molar-refractivity contribution < 1.29 is 17.6 Å². The predicted octanol–water partition coefficient (Wildman–Crippen LogP) is 4.45. The fraction of sp³-hybridized carbons (Fsp3) is 0.400. The molecule has 1 N–H and O–H groups in total. The van der Waals surface area contributed by atoms with Gasteiger partial charge in [0.2, 0.25) is 0 Å². The van der Waals surface area contributed by atoms with E-state index in [0.717, 1.165) is 6.07 Å². The smallest absolute Gasteiger partial charge is 0.303 e. The second kappa shape index (κ2) is 5.54. The van der Waals surface area contributed by atoms with Gasteiger partial charge in [0, 0.05) is 10.0 Å². The van der Waals surface area contributed by atoms with Crippen molar-refractivity contribution in [3.05, 3.63) is 33.0 Å². The zero-order valence-electron chi connectivity index (χ0n) is 8.71. The number of benzene rings is 1. The van der Waals surface area contributed by atoms with Crippen molar-refractivity contribution in [1.82, 2.24) is 5.32 Å². The van der Waals surface area contributed by atoms with E-state index in [4.69, 9.17) is 11.6 Å². The number of hydrogen-bond donors (Lipinski definition) is 1. The zero-order valence-corrected chi connectivity index (χ0v) is 11.0. The number of alkyl halides is 3. The molecule has 0 saturated carbocycles. The summed E-state index contributed by atoms with van der Waals surface area (Å²) in [6, 6.07) is 0.293. The van der Waals surface area contributed by atoms with Crippen LogP contribution in [-0.4, -0.2) is 12.7 Å². The summed E-state index contributed by atoms with van der Waals surface area (Å²) in [5.74, 6) is -1.07. The number of hydrogen-bond acceptors (Lipinski definition) is 1. The highest BCUT2D eigenvalue weighted by Crippen LogP contribution is 2.37. The van der Waals surface area contributed by atoms with Crippen LogP contribution in [0.1, 0.15) is 18.5 Å². The highest BCUT2D eigenvalue weighted by atomic mass is 79.9. The van der Waals surface area contributed by atoms with Gasteiger partial charge < -0.3 is 5.32 Å². The van der Waals surface area contributed by atoms with Gasteiger partial charge >= 0.3 is 6.18 Å². The third-order valence-corrected chi connectivity index (χ3v) is 3.37. The topological polar surface area (TPSA) is 12.0 Å². The van der Waals surface area contributed by atoms with Gasteiger partial charge in [0.1, 0.15) is 11.9 Å². The lowest BCUT2D eigenvalue weighted by Gasteiger charge is -2.22. The number of rotatable bonds is 3. The average molecular weight is 335 g/mol. The Balaban J connectivity index is 3.25. The van der Waals surface area contributed by atoms with Crippen LogP contribution in [0.3, 0.4) is 0 Å². The lowest BCUT2D eigenvalue weighted by Crippen LogP contribution is -2.34. The van der Waals surface area contributed by atoms with Crippen LogP contribution in [0.4, 0.5) is 17.6 Å². The minimum absolute atomic E-state index is 0.0668. The summed E-state index contributed by atoms with van der Waals surface area (Å²) >= 11 is 8.51. The summed E-state index contributed by atoms with van der Waals surface area (Å²) < 4.78 is 52.0. The van der Waals surface area contributed by atoms with Crippen LogP contribution in [0.15, 0.2) is 16.6 Å². The van der Waals surface area contributed by atoms with E-state index in [1.54, 1.807) is 0 Å². The summed E-state index contributed by atoms with van der Waals surface area (Å²) in [6.07, 6.45) is -4.58. The van der Waals surface area contributed by atoms with Crippen molar-refractivity contribution in [2.24, 2.45) is 0 Å². The molecule has 17 heavy (non-hydrogen) atoms. The molecule has 0 aromatic heterocycles. The summed E-state index contributed by atoms with van der Waals surface area (Å²) in [4.78, 5) is 0. The second-order valence-corrected chi connectivity index (χ2v) is 4.53. The van der Waals surface area contributed by atoms with Crippen LogP contribution in [0.2, 0.25) is 5.02 Å². The lowest BCUT2D eigenvalue weighted by molar-refractivity contribution is -0.158. The molecule has 0 aliphatic carbocycles. The maximum absolute atomic E-state index is 13.7. The highest BCUT2D eigenvalue weighted by Gasteiger charge is 2.42. The van der Waals surface area contributed by atoms with Crippen molar-refractivity contribution in [3.63, 3.8) is 0 Å². The van der Waals surface area contributed by atoms with Crippen LogP contribution in [0, 0.1) is 5.82 Å². The summed E-state index contributed by atoms with van der Waals surface area (Å²) in [5, 5.41) is 1.84. The molecule has 0 amide bonds. The average Bonchev–Trinajstić information content (AvgIpc) is 2.22. The summed E-state index contributed by atoms with van der Waals surface area (Å²) in [7, 11) is 0. The largest absolute Gasteiger partial charge is 0.408 e. The van der Waals surface area contributed by atoms with E-state index in [-0.39, 0.29) is 16.0 Å². The van der Waals surface area contributed by atoms with E-state index in [2.05, 4.69) is 21.2 Å². The maximum atomic E-state index is 13.7. The van der Waals surface area contributed by atoms with E-state index in [1.807, 2.05) is 0 Å². The molecule has 0 heterocycles. The van der Waals surface area contributed by atoms with E-state index < -0.39 is 23.6 Å². The van der Waals surface area contributed by atoms with Crippen molar-refractivity contribution in [2.45, 2.75) is 19.1 Å². The van der Waals surface area contributed by atoms with Gasteiger partial charge in [-0.15, -0.1) is 0 Å². The molecule has 1 unspecified atom stereocenters. The maximum Gasteiger partial charge on any atom is 0.408 e. The third-order valence-electron chi connectivity index (χ3n) is 2.11. The van der Waals surface area contributed by atoms with Crippen molar-refractivity contribution in [3.8, 4) is 0 Å². The van der Waals surface area contributed by atoms with Crippen LogP contribution in [0.25, 0.3) is 0 Å². The molecule has 96 valence electrons. The molecule has 0 aliphatic heterocycles. The second-order valence-electron chi connectivity index (χ2n) is 3.30. The Kier molecular flexibility index (Phi) is 4.80. The molecule has 0 radical (unpaired) electrons. The number of nitrogens with one attached hydrogen (secondary N) is 1.